The number of nitrogens with one attached hydrogen (secondary N) is 1. The Balaban J connectivity index is 2.39. The fourth-order valence-corrected chi connectivity index (χ4v) is 1.36. The quantitative estimate of drug-likeness (QED) is 0.655. The van der Waals surface area contributed by atoms with E-state index in [0.717, 1.165) is 5.56 Å². The summed E-state index contributed by atoms with van der Waals surface area (Å²) in [6.45, 7) is 0.0734. The van der Waals surface area contributed by atoms with Gasteiger partial charge in [-0.05, 0) is 23.8 Å². The zero-order chi connectivity index (χ0) is 15.0. The molecule has 1 amide bonds. The van der Waals surface area contributed by atoms with Crippen LogP contribution in [0.2, 0.25) is 0 Å². The molecule has 0 saturated carbocycles. The van der Waals surface area contributed by atoms with E-state index in [4.69, 9.17) is 15.5 Å². The van der Waals surface area contributed by atoms with Crippen molar-refractivity contribution in [1.29, 1.82) is 5.26 Å². The van der Waals surface area contributed by atoms with Gasteiger partial charge in [0.2, 0.25) is 5.91 Å². The molecule has 0 saturated heterocycles. The summed E-state index contributed by atoms with van der Waals surface area (Å²) in [5.74, 6) is -1.70. The highest BCUT2D eigenvalue weighted by atomic mass is 16.4. The van der Waals surface area contributed by atoms with Gasteiger partial charge >= 0.3 is 5.97 Å². The molecule has 3 N–H and O–H groups in total. The molecule has 0 unspecified atom stereocenters. The van der Waals surface area contributed by atoms with Crippen LogP contribution in [-0.2, 0) is 9.59 Å². The van der Waals surface area contributed by atoms with Crippen LogP contribution in [0.25, 0.3) is 6.08 Å². The average molecular weight is 274 g/mol. The molecule has 1 aromatic rings. The molecule has 0 spiro atoms. The second kappa shape index (κ2) is 7.71. The number of benzene rings is 1. The Hall–Kier alpha value is -2.65. The number of aliphatic carboxylic acids is 1. The minimum Gasteiger partial charge on any atom is -0.479 e. The number of carbonyl (C=O) groups excluding carboxylic acids is 1. The van der Waals surface area contributed by atoms with Gasteiger partial charge in [0.1, 0.15) is 0 Å². The van der Waals surface area contributed by atoms with E-state index in [0.29, 0.717) is 5.56 Å². The van der Waals surface area contributed by atoms with Gasteiger partial charge in [0, 0.05) is 19.0 Å². The van der Waals surface area contributed by atoms with E-state index in [9.17, 15) is 9.59 Å². The molecule has 6 heteroatoms. The Labute approximate surface area is 116 Å². The summed E-state index contributed by atoms with van der Waals surface area (Å²) in [6, 6.07) is 8.68. The molecule has 0 aliphatic carbocycles. The molecule has 1 aromatic carbocycles. The van der Waals surface area contributed by atoms with Crippen LogP contribution in [0, 0.1) is 11.3 Å². The summed E-state index contributed by atoms with van der Waals surface area (Å²) in [5, 5.41) is 28.5. The largest absolute Gasteiger partial charge is 0.479 e. The van der Waals surface area contributed by atoms with Crippen LogP contribution < -0.4 is 5.32 Å². The van der Waals surface area contributed by atoms with Crippen molar-refractivity contribution in [2.75, 3.05) is 6.54 Å². The molecule has 0 bridgehead atoms. The first-order chi connectivity index (χ1) is 9.52. The Bertz CT molecular complexity index is 543. The first-order valence-electron chi connectivity index (χ1n) is 5.90. The van der Waals surface area contributed by atoms with Gasteiger partial charge in [-0.3, -0.25) is 4.79 Å². The van der Waals surface area contributed by atoms with Crippen LogP contribution in [0.3, 0.4) is 0 Å². The van der Waals surface area contributed by atoms with Crippen molar-refractivity contribution in [2.24, 2.45) is 0 Å². The number of amides is 1. The second-order valence-corrected chi connectivity index (χ2v) is 4.00. The van der Waals surface area contributed by atoms with E-state index >= 15 is 0 Å². The predicted molar refractivity (Wildman–Crippen MR) is 71.5 cm³/mol. The van der Waals surface area contributed by atoms with Crippen LogP contribution in [0.5, 0.6) is 0 Å². The molecule has 0 aliphatic rings. The number of carboxylic acids is 1. The van der Waals surface area contributed by atoms with Crippen molar-refractivity contribution in [2.45, 2.75) is 12.5 Å². The van der Waals surface area contributed by atoms with E-state index in [1.165, 1.54) is 6.08 Å². The monoisotopic (exact) mass is 274 g/mol. The highest BCUT2D eigenvalue weighted by Crippen LogP contribution is 2.04. The maximum Gasteiger partial charge on any atom is 0.332 e. The molecule has 0 radical (unpaired) electrons. The van der Waals surface area contributed by atoms with Gasteiger partial charge in [0.05, 0.1) is 11.6 Å². The molecule has 104 valence electrons. The van der Waals surface area contributed by atoms with Crippen molar-refractivity contribution in [3.63, 3.8) is 0 Å². The van der Waals surface area contributed by atoms with Crippen LogP contribution in [0.4, 0.5) is 0 Å². The molecule has 0 heterocycles. The number of nitriles is 1. The Morgan fingerprint density at radius 1 is 1.35 bits per heavy atom. The number of carboxylic acid groups (broad SMARTS) is 1. The molecule has 6 nitrogen and oxygen atoms in total. The summed E-state index contributed by atoms with van der Waals surface area (Å²) in [7, 11) is 0. The lowest BCUT2D eigenvalue weighted by molar-refractivity contribution is -0.147. The molecule has 1 rings (SSSR count). The molecule has 0 aromatic heterocycles. The third-order valence-electron chi connectivity index (χ3n) is 2.47. The fraction of sp³-hybridized carbons (Fsp3) is 0.214. The number of aliphatic hydroxyl groups is 1. The van der Waals surface area contributed by atoms with Crippen LogP contribution in [-0.4, -0.2) is 34.7 Å². The van der Waals surface area contributed by atoms with Crippen molar-refractivity contribution < 1.29 is 19.8 Å². The zero-order valence-electron chi connectivity index (χ0n) is 10.6. The van der Waals surface area contributed by atoms with Gasteiger partial charge in [-0.1, -0.05) is 12.1 Å². The number of rotatable bonds is 6. The maximum absolute atomic E-state index is 11.4. The summed E-state index contributed by atoms with van der Waals surface area (Å²) >= 11 is 0. The Morgan fingerprint density at radius 3 is 2.55 bits per heavy atom. The van der Waals surface area contributed by atoms with Crippen molar-refractivity contribution in [3.05, 3.63) is 41.5 Å². The topological polar surface area (TPSA) is 110 Å². The van der Waals surface area contributed by atoms with Gasteiger partial charge in [0.15, 0.2) is 6.10 Å². The average Bonchev–Trinajstić information content (AvgIpc) is 2.45. The lowest BCUT2D eigenvalue weighted by Gasteiger charge is -2.05. The molecular formula is C14H14N2O4. The van der Waals surface area contributed by atoms with Crippen molar-refractivity contribution >= 4 is 18.0 Å². The third kappa shape index (κ3) is 5.33. The van der Waals surface area contributed by atoms with Gasteiger partial charge in [-0.2, -0.15) is 5.26 Å². The number of aliphatic hydroxyl groups excluding tert-OH is 1. The van der Waals surface area contributed by atoms with Crippen LogP contribution in [0.15, 0.2) is 30.3 Å². The van der Waals surface area contributed by atoms with E-state index in [1.54, 1.807) is 30.3 Å². The van der Waals surface area contributed by atoms with E-state index < -0.39 is 12.1 Å². The molecule has 0 aliphatic heterocycles. The summed E-state index contributed by atoms with van der Waals surface area (Å²) in [5.41, 5.74) is 1.30. The molecule has 0 fully saturated rings. The van der Waals surface area contributed by atoms with Crippen LogP contribution >= 0.6 is 0 Å². The first kappa shape index (κ1) is 15.4. The zero-order valence-corrected chi connectivity index (χ0v) is 10.6. The summed E-state index contributed by atoms with van der Waals surface area (Å²) in [6.07, 6.45) is 1.35. The number of carbonyl (C=O) groups is 2. The summed E-state index contributed by atoms with van der Waals surface area (Å²) < 4.78 is 0. The van der Waals surface area contributed by atoms with Gasteiger partial charge < -0.3 is 15.5 Å². The Kier molecular flexibility index (Phi) is 5.94. The predicted octanol–water partition coefficient (Wildman–Crippen LogP) is 0.523. The number of hydrogen-bond donors (Lipinski definition) is 3. The summed E-state index contributed by atoms with van der Waals surface area (Å²) in [4.78, 5) is 21.7. The third-order valence-corrected chi connectivity index (χ3v) is 2.47. The standard InChI is InChI=1S/C14H14N2O4/c15-9-11-3-1-10(2-4-11)5-6-13(18)16-8-7-12(17)14(19)20/h1-6,12,17H,7-8H2,(H,16,18)(H,19,20)/b6-5+/t12-/m0/s1. The Morgan fingerprint density at radius 2 is 2.00 bits per heavy atom. The van der Waals surface area contributed by atoms with Crippen LogP contribution in [0.1, 0.15) is 17.5 Å². The minimum atomic E-state index is -1.47. The first-order valence-corrected chi connectivity index (χ1v) is 5.90. The van der Waals surface area contributed by atoms with E-state index in [2.05, 4.69) is 5.32 Å². The smallest absolute Gasteiger partial charge is 0.332 e. The highest BCUT2D eigenvalue weighted by Gasteiger charge is 2.12. The molecule has 20 heavy (non-hydrogen) atoms. The van der Waals surface area contributed by atoms with E-state index in [1.807, 2.05) is 6.07 Å². The lowest BCUT2D eigenvalue weighted by atomic mass is 10.1. The molecular weight excluding hydrogens is 260 g/mol. The highest BCUT2D eigenvalue weighted by molar-refractivity contribution is 5.91. The number of hydrogen-bond acceptors (Lipinski definition) is 4. The van der Waals surface area contributed by atoms with Gasteiger partial charge in [-0.15, -0.1) is 0 Å². The molecule has 1 atom stereocenters. The fourth-order valence-electron chi connectivity index (χ4n) is 1.36. The minimum absolute atomic E-state index is 0.0498. The van der Waals surface area contributed by atoms with Gasteiger partial charge in [0.25, 0.3) is 0 Å². The van der Waals surface area contributed by atoms with Crippen molar-refractivity contribution in [3.8, 4) is 6.07 Å². The van der Waals surface area contributed by atoms with Crippen molar-refractivity contribution in [1.82, 2.24) is 5.32 Å². The number of nitrogens with zero attached hydrogens (tertiary/aromatic N) is 1. The van der Waals surface area contributed by atoms with E-state index in [-0.39, 0.29) is 18.9 Å². The lowest BCUT2D eigenvalue weighted by Crippen LogP contribution is -2.28. The SMILES string of the molecule is N#Cc1ccc(/C=C/C(=O)NCC[C@H](O)C(=O)O)cc1. The second-order valence-electron chi connectivity index (χ2n) is 4.00. The van der Waals surface area contributed by atoms with Gasteiger partial charge in [-0.25, -0.2) is 4.79 Å². The normalized spacial score (nSPS) is 11.8. The maximum atomic E-state index is 11.4.